The molecule has 1 aromatic heterocycles. The average molecular weight is 490 g/mol. The van der Waals surface area contributed by atoms with Gasteiger partial charge >= 0.3 is 0 Å². The number of halogens is 1. The van der Waals surface area contributed by atoms with Crippen molar-refractivity contribution in [2.45, 2.75) is 26.8 Å². The number of aromatic nitrogens is 3. The molecular formula is C21H27IN6. The summed E-state index contributed by atoms with van der Waals surface area (Å²) >= 11 is 0. The number of guanidine groups is 1. The highest BCUT2D eigenvalue weighted by Gasteiger charge is 2.07. The predicted molar refractivity (Wildman–Crippen MR) is 125 cm³/mol. The summed E-state index contributed by atoms with van der Waals surface area (Å²) in [7, 11) is 1.77. The van der Waals surface area contributed by atoms with E-state index in [1.807, 2.05) is 34.9 Å². The number of aliphatic imine (C=N–C) groups is 1. The van der Waals surface area contributed by atoms with E-state index in [1.54, 1.807) is 13.4 Å². The van der Waals surface area contributed by atoms with Crippen molar-refractivity contribution in [3.63, 3.8) is 0 Å². The van der Waals surface area contributed by atoms with Crippen molar-refractivity contribution in [2.75, 3.05) is 13.6 Å². The minimum atomic E-state index is 0. The Hall–Kier alpha value is -2.42. The van der Waals surface area contributed by atoms with Crippen LogP contribution in [0.4, 0.5) is 0 Å². The lowest BCUT2D eigenvalue weighted by Crippen LogP contribution is -2.38. The first-order valence-electron chi connectivity index (χ1n) is 9.11. The van der Waals surface area contributed by atoms with Crippen molar-refractivity contribution in [1.29, 1.82) is 0 Å². The Labute approximate surface area is 183 Å². The Morgan fingerprint density at radius 2 is 1.75 bits per heavy atom. The lowest BCUT2D eigenvalue weighted by molar-refractivity contribution is 0.749. The van der Waals surface area contributed by atoms with Crippen LogP contribution in [0.2, 0.25) is 0 Å². The molecule has 2 N–H and O–H groups in total. The number of hydrogen-bond acceptors (Lipinski definition) is 3. The third-order valence-electron chi connectivity index (χ3n) is 4.28. The maximum Gasteiger partial charge on any atom is 0.191 e. The molecule has 0 amide bonds. The fourth-order valence-corrected chi connectivity index (χ4v) is 3.11. The van der Waals surface area contributed by atoms with Gasteiger partial charge in [-0.2, -0.15) is 0 Å². The van der Waals surface area contributed by atoms with Crippen LogP contribution in [-0.4, -0.2) is 34.3 Å². The average Bonchev–Trinajstić information content (AvgIpc) is 3.13. The molecule has 1 heterocycles. The standard InChI is InChI=1S/C21H26N6.HI/c1-16-11-17(2)13-18(12-16)9-10-23-21(22-3)24-14-20-26-25-15-27(20)19-7-5-4-6-8-19;/h4-8,11-13,15H,9-10,14H2,1-3H3,(H2,22,23,24);1H. The van der Waals surface area contributed by atoms with E-state index in [2.05, 4.69) is 57.9 Å². The topological polar surface area (TPSA) is 67.1 Å². The van der Waals surface area contributed by atoms with Gasteiger partial charge < -0.3 is 10.6 Å². The minimum absolute atomic E-state index is 0. The van der Waals surface area contributed by atoms with Gasteiger partial charge in [-0.3, -0.25) is 9.56 Å². The summed E-state index contributed by atoms with van der Waals surface area (Å²) in [5.74, 6) is 1.58. The molecule has 6 nitrogen and oxygen atoms in total. The summed E-state index contributed by atoms with van der Waals surface area (Å²) in [6.07, 6.45) is 2.67. The van der Waals surface area contributed by atoms with Crippen LogP contribution in [0.5, 0.6) is 0 Å². The van der Waals surface area contributed by atoms with Gasteiger partial charge in [-0.1, -0.05) is 47.5 Å². The molecule has 0 aliphatic heterocycles. The summed E-state index contributed by atoms with van der Waals surface area (Å²) in [6, 6.07) is 16.7. The molecule has 0 aliphatic carbocycles. The van der Waals surface area contributed by atoms with Crippen LogP contribution in [0.15, 0.2) is 59.9 Å². The number of nitrogens with one attached hydrogen (secondary N) is 2. The van der Waals surface area contributed by atoms with E-state index in [0.717, 1.165) is 30.4 Å². The fraction of sp³-hybridized carbons (Fsp3) is 0.286. The van der Waals surface area contributed by atoms with Crippen molar-refractivity contribution >= 4 is 29.9 Å². The highest BCUT2D eigenvalue weighted by atomic mass is 127. The van der Waals surface area contributed by atoms with Crippen LogP contribution < -0.4 is 10.6 Å². The number of aryl methyl sites for hydroxylation is 2. The number of benzene rings is 2. The summed E-state index contributed by atoms with van der Waals surface area (Å²) in [5.41, 5.74) is 4.97. The van der Waals surface area contributed by atoms with E-state index in [1.165, 1.54) is 16.7 Å². The minimum Gasteiger partial charge on any atom is -0.356 e. The Morgan fingerprint density at radius 1 is 1.04 bits per heavy atom. The molecule has 28 heavy (non-hydrogen) atoms. The van der Waals surface area contributed by atoms with Gasteiger partial charge in [0.25, 0.3) is 0 Å². The van der Waals surface area contributed by atoms with Gasteiger partial charge in [0.05, 0.1) is 6.54 Å². The van der Waals surface area contributed by atoms with E-state index in [-0.39, 0.29) is 24.0 Å². The third kappa shape index (κ3) is 6.05. The Balaban J connectivity index is 0.00000280. The quantitative estimate of drug-likeness (QED) is 0.316. The second-order valence-electron chi connectivity index (χ2n) is 6.55. The first-order chi connectivity index (χ1) is 13.2. The van der Waals surface area contributed by atoms with E-state index < -0.39 is 0 Å². The monoisotopic (exact) mass is 490 g/mol. The maximum atomic E-state index is 4.29. The van der Waals surface area contributed by atoms with Crippen molar-refractivity contribution in [2.24, 2.45) is 4.99 Å². The molecule has 0 fully saturated rings. The molecule has 0 saturated carbocycles. The summed E-state index contributed by atoms with van der Waals surface area (Å²) in [6.45, 7) is 5.62. The van der Waals surface area contributed by atoms with Gasteiger partial charge in [0.15, 0.2) is 11.8 Å². The van der Waals surface area contributed by atoms with Crippen LogP contribution in [0.25, 0.3) is 5.69 Å². The zero-order valence-electron chi connectivity index (χ0n) is 16.5. The van der Waals surface area contributed by atoms with Gasteiger partial charge in [-0.15, -0.1) is 34.2 Å². The molecule has 0 saturated heterocycles. The fourth-order valence-electron chi connectivity index (χ4n) is 3.11. The van der Waals surface area contributed by atoms with Gasteiger partial charge in [0.2, 0.25) is 0 Å². The van der Waals surface area contributed by atoms with E-state index in [9.17, 15) is 0 Å². The van der Waals surface area contributed by atoms with Crippen LogP contribution in [-0.2, 0) is 13.0 Å². The van der Waals surface area contributed by atoms with Gasteiger partial charge in [-0.25, -0.2) is 0 Å². The largest absolute Gasteiger partial charge is 0.356 e. The lowest BCUT2D eigenvalue weighted by Gasteiger charge is -2.13. The SMILES string of the molecule is CN=C(NCCc1cc(C)cc(C)c1)NCc1nncn1-c1ccccc1.I. The first-order valence-corrected chi connectivity index (χ1v) is 9.11. The highest BCUT2D eigenvalue weighted by molar-refractivity contribution is 14.0. The molecule has 0 aliphatic rings. The number of para-hydroxylation sites is 1. The third-order valence-corrected chi connectivity index (χ3v) is 4.28. The second kappa shape index (κ2) is 10.8. The van der Waals surface area contributed by atoms with Crippen molar-refractivity contribution < 1.29 is 0 Å². The van der Waals surface area contributed by atoms with Crippen LogP contribution in [0, 0.1) is 13.8 Å². The summed E-state index contributed by atoms with van der Waals surface area (Å²) < 4.78 is 1.97. The molecule has 0 spiro atoms. The summed E-state index contributed by atoms with van der Waals surface area (Å²) in [4.78, 5) is 4.29. The van der Waals surface area contributed by atoms with E-state index in [0.29, 0.717) is 6.54 Å². The van der Waals surface area contributed by atoms with Gasteiger partial charge in [-0.05, 0) is 38.0 Å². The molecule has 0 unspecified atom stereocenters. The number of hydrogen-bond donors (Lipinski definition) is 2. The molecule has 7 heteroatoms. The highest BCUT2D eigenvalue weighted by Crippen LogP contribution is 2.10. The summed E-state index contributed by atoms with van der Waals surface area (Å²) in [5, 5.41) is 14.9. The molecule has 3 aromatic rings. The zero-order valence-corrected chi connectivity index (χ0v) is 18.8. The van der Waals surface area contributed by atoms with Crippen LogP contribution in [0.1, 0.15) is 22.5 Å². The normalized spacial score (nSPS) is 11.0. The molecule has 2 aromatic carbocycles. The Kier molecular flexibility index (Phi) is 8.43. The maximum absolute atomic E-state index is 4.29. The van der Waals surface area contributed by atoms with E-state index in [4.69, 9.17) is 0 Å². The molecule has 3 rings (SSSR count). The molecule has 148 valence electrons. The van der Waals surface area contributed by atoms with Gasteiger partial charge in [0.1, 0.15) is 6.33 Å². The Bertz CT molecular complexity index is 884. The second-order valence-corrected chi connectivity index (χ2v) is 6.55. The first kappa shape index (κ1) is 21.9. The zero-order chi connectivity index (χ0) is 19.1. The number of nitrogens with zero attached hydrogens (tertiary/aromatic N) is 4. The smallest absolute Gasteiger partial charge is 0.191 e. The van der Waals surface area contributed by atoms with E-state index >= 15 is 0 Å². The molecule has 0 atom stereocenters. The van der Waals surface area contributed by atoms with Gasteiger partial charge in [0, 0.05) is 19.3 Å². The van der Waals surface area contributed by atoms with Crippen LogP contribution >= 0.6 is 24.0 Å². The van der Waals surface area contributed by atoms with Crippen LogP contribution in [0.3, 0.4) is 0 Å². The van der Waals surface area contributed by atoms with Crippen molar-refractivity contribution in [1.82, 2.24) is 25.4 Å². The Morgan fingerprint density at radius 3 is 2.43 bits per heavy atom. The number of rotatable bonds is 6. The lowest BCUT2D eigenvalue weighted by atomic mass is 10.1. The predicted octanol–water partition coefficient (Wildman–Crippen LogP) is 3.41. The molecule has 0 radical (unpaired) electrons. The van der Waals surface area contributed by atoms with Crippen molar-refractivity contribution in [3.8, 4) is 5.69 Å². The molecule has 0 bridgehead atoms. The molecular weight excluding hydrogens is 463 g/mol. The van der Waals surface area contributed by atoms with Crippen molar-refractivity contribution in [3.05, 3.63) is 77.4 Å².